The van der Waals surface area contributed by atoms with Gasteiger partial charge in [-0.25, -0.2) is 0 Å². The van der Waals surface area contributed by atoms with Gasteiger partial charge in [-0.1, -0.05) is 61.9 Å². The molecular formula is C18H26ClN. The van der Waals surface area contributed by atoms with E-state index in [1.165, 1.54) is 63.5 Å². The number of nitrogens with one attached hydrogen (secondary N) is 1. The van der Waals surface area contributed by atoms with Crippen molar-refractivity contribution in [2.45, 2.75) is 63.3 Å². The minimum absolute atomic E-state index is 0.677. The quantitative estimate of drug-likeness (QED) is 0.791. The van der Waals surface area contributed by atoms with Gasteiger partial charge in [0, 0.05) is 11.1 Å². The first-order valence-electron chi connectivity index (χ1n) is 8.30. The maximum absolute atomic E-state index is 6.26. The van der Waals surface area contributed by atoms with E-state index in [1.54, 1.807) is 0 Å². The van der Waals surface area contributed by atoms with Crippen molar-refractivity contribution in [1.82, 2.24) is 5.32 Å². The first kappa shape index (κ1) is 14.4. The van der Waals surface area contributed by atoms with Crippen LogP contribution < -0.4 is 5.32 Å². The molecule has 1 aromatic carbocycles. The highest BCUT2D eigenvalue weighted by Gasteiger charge is 2.30. The van der Waals surface area contributed by atoms with Crippen molar-refractivity contribution >= 4 is 11.6 Å². The van der Waals surface area contributed by atoms with Crippen molar-refractivity contribution < 1.29 is 0 Å². The number of benzene rings is 1. The molecule has 110 valence electrons. The van der Waals surface area contributed by atoms with Crippen LogP contribution in [0.15, 0.2) is 24.3 Å². The molecule has 2 fully saturated rings. The second kappa shape index (κ2) is 6.95. The van der Waals surface area contributed by atoms with E-state index >= 15 is 0 Å². The molecule has 0 radical (unpaired) electrons. The Morgan fingerprint density at radius 3 is 2.55 bits per heavy atom. The molecule has 3 rings (SSSR count). The Hall–Kier alpha value is -0.530. The average Bonchev–Trinajstić information content (AvgIpc) is 2.44. The normalized spacial score (nSPS) is 27.2. The Kier molecular flexibility index (Phi) is 5.01. The molecule has 0 heterocycles. The Labute approximate surface area is 128 Å². The highest BCUT2D eigenvalue weighted by Crippen LogP contribution is 2.39. The average molecular weight is 292 g/mol. The van der Waals surface area contributed by atoms with E-state index in [0.29, 0.717) is 5.92 Å². The lowest BCUT2D eigenvalue weighted by Gasteiger charge is -2.37. The molecule has 20 heavy (non-hydrogen) atoms. The van der Waals surface area contributed by atoms with Crippen molar-refractivity contribution in [3.63, 3.8) is 0 Å². The smallest absolute Gasteiger partial charge is 0.0440 e. The van der Waals surface area contributed by atoms with Crippen LogP contribution in [0.4, 0.5) is 0 Å². The third kappa shape index (κ3) is 3.56. The van der Waals surface area contributed by atoms with Crippen molar-refractivity contribution in [2.24, 2.45) is 5.92 Å². The van der Waals surface area contributed by atoms with E-state index in [4.69, 9.17) is 11.6 Å². The van der Waals surface area contributed by atoms with Gasteiger partial charge >= 0.3 is 0 Å². The summed E-state index contributed by atoms with van der Waals surface area (Å²) in [4.78, 5) is 0. The molecule has 2 aliphatic rings. The molecule has 1 N–H and O–H groups in total. The third-order valence-electron chi connectivity index (χ3n) is 5.19. The SMILES string of the molecule is Clc1ccccc1C1CC(NCCC2CCCCC2)C1. The van der Waals surface area contributed by atoms with Crippen LogP contribution in [0.3, 0.4) is 0 Å². The maximum atomic E-state index is 6.26. The van der Waals surface area contributed by atoms with E-state index < -0.39 is 0 Å². The topological polar surface area (TPSA) is 12.0 Å². The van der Waals surface area contributed by atoms with Crippen molar-refractivity contribution in [3.05, 3.63) is 34.9 Å². The zero-order valence-corrected chi connectivity index (χ0v) is 13.0. The summed E-state index contributed by atoms with van der Waals surface area (Å²) in [6, 6.07) is 9.04. The van der Waals surface area contributed by atoms with Gasteiger partial charge in [-0.3, -0.25) is 0 Å². The Balaban J connectivity index is 1.35. The summed E-state index contributed by atoms with van der Waals surface area (Å²) in [6.07, 6.45) is 11.2. The molecule has 0 spiro atoms. The molecule has 1 aromatic rings. The minimum atomic E-state index is 0.677. The van der Waals surface area contributed by atoms with E-state index in [0.717, 1.165) is 17.0 Å². The van der Waals surface area contributed by atoms with Crippen LogP contribution >= 0.6 is 11.6 Å². The number of hydrogen-bond donors (Lipinski definition) is 1. The van der Waals surface area contributed by atoms with Gasteiger partial charge < -0.3 is 5.32 Å². The molecule has 0 amide bonds. The fourth-order valence-corrected chi connectivity index (χ4v) is 4.10. The molecule has 2 heteroatoms. The lowest BCUT2D eigenvalue weighted by molar-refractivity contribution is 0.270. The van der Waals surface area contributed by atoms with Crippen LogP contribution in [-0.2, 0) is 0 Å². The van der Waals surface area contributed by atoms with Gasteiger partial charge in [0.15, 0.2) is 0 Å². The Bertz CT molecular complexity index is 419. The predicted molar refractivity (Wildman–Crippen MR) is 86.4 cm³/mol. The van der Waals surface area contributed by atoms with Gasteiger partial charge in [0.2, 0.25) is 0 Å². The van der Waals surface area contributed by atoms with Gasteiger partial charge in [-0.15, -0.1) is 0 Å². The van der Waals surface area contributed by atoms with Gasteiger partial charge in [0.1, 0.15) is 0 Å². The fourth-order valence-electron chi connectivity index (χ4n) is 3.81. The summed E-state index contributed by atoms with van der Waals surface area (Å²) in [5.74, 6) is 1.67. The third-order valence-corrected chi connectivity index (χ3v) is 5.54. The monoisotopic (exact) mass is 291 g/mol. The summed E-state index contributed by atoms with van der Waals surface area (Å²) >= 11 is 6.26. The second-order valence-corrected chi connectivity index (χ2v) is 7.04. The van der Waals surface area contributed by atoms with E-state index in [-0.39, 0.29) is 0 Å². The molecule has 0 unspecified atom stereocenters. The molecule has 0 bridgehead atoms. The predicted octanol–water partition coefficient (Wildman–Crippen LogP) is 5.15. The van der Waals surface area contributed by atoms with E-state index in [9.17, 15) is 0 Å². The molecule has 2 aliphatic carbocycles. The zero-order valence-electron chi connectivity index (χ0n) is 12.3. The van der Waals surface area contributed by atoms with Crippen LogP contribution in [0.25, 0.3) is 0 Å². The summed E-state index contributed by atoms with van der Waals surface area (Å²) in [7, 11) is 0. The highest BCUT2D eigenvalue weighted by molar-refractivity contribution is 6.31. The van der Waals surface area contributed by atoms with Crippen LogP contribution in [0, 0.1) is 5.92 Å². The molecule has 1 nitrogen and oxygen atoms in total. The fraction of sp³-hybridized carbons (Fsp3) is 0.667. The largest absolute Gasteiger partial charge is 0.314 e. The molecule has 2 saturated carbocycles. The first-order valence-corrected chi connectivity index (χ1v) is 8.68. The Morgan fingerprint density at radius 1 is 1.05 bits per heavy atom. The zero-order chi connectivity index (χ0) is 13.8. The minimum Gasteiger partial charge on any atom is -0.314 e. The van der Waals surface area contributed by atoms with E-state index in [1.807, 2.05) is 12.1 Å². The summed E-state index contributed by atoms with van der Waals surface area (Å²) in [5, 5.41) is 4.69. The summed E-state index contributed by atoms with van der Waals surface area (Å²) in [5.41, 5.74) is 1.35. The van der Waals surface area contributed by atoms with Gasteiger partial charge in [-0.05, 0) is 49.3 Å². The van der Waals surface area contributed by atoms with Crippen LogP contribution in [0.1, 0.15) is 62.8 Å². The van der Waals surface area contributed by atoms with Crippen LogP contribution in [0.5, 0.6) is 0 Å². The molecular weight excluding hydrogens is 266 g/mol. The maximum Gasteiger partial charge on any atom is 0.0440 e. The van der Waals surface area contributed by atoms with Crippen molar-refractivity contribution in [1.29, 1.82) is 0 Å². The van der Waals surface area contributed by atoms with Crippen LogP contribution in [0.2, 0.25) is 5.02 Å². The standard InChI is InChI=1S/C18H26ClN/c19-18-9-5-4-8-17(18)15-12-16(13-15)20-11-10-14-6-2-1-3-7-14/h4-5,8-9,14-16,20H,1-3,6-7,10-13H2. The van der Waals surface area contributed by atoms with E-state index in [2.05, 4.69) is 17.4 Å². The molecule has 0 aromatic heterocycles. The number of halogens is 1. The summed E-state index contributed by atoms with van der Waals surface area (Å²) < 4.78 is 0. The van der Waals surface area contributed by atoms with Crippen molar-refractivity contribution in [2.75, 3.05) is 6.54 Å². The lowest BCUT2D eigenvalue weighted by Crippen LogP contribution is -2.41. The number of hydrogen-bond acceptors (Lipinski definition) is 1. The first-order chi connectivity index (χ1) is 9.83. The highest BCUT2D eigenvalue weighted by atomic mass is 35.5. The summed E-state index contributed by atoms with van der Waals surface area (Å²) in [6.45, 7) is 1.21. The molecule has 0 atom stereocenters. The van der Waals surface area contributed by atoms with Gasteiger partial charge in [-0.2, -0.15) is 0 Å². The van der Waals surface area contributed by atoms with Gasteiger partial charge in [0.25, 0.3) is 0 Å². The second-order valence-electron chi connectivity index (χ2n) is 6.63. The number of rotatable bonds is 5. The van der Waals surface area contributed by atoms with Gasteiger partial charge in [0.05, 0.1) is 0 Å². The lowest BCUT2D eigenvalue weighted by atomic mass is 9.75. The molecule has 0 aliphatic heterocycles. The van der Waals surface area contributed by atoms with Crippen molar-refractivity contribution in [3.8, 4) is 0 Å². The molecule has 0 saturated heterocycles. The Morgan fingerprint density at radius 2 is 1.80 bits per heavy atom. The van der Waals surface area contributed by atoms with Crippen LogP contribution in [-0.4, -0.2) is 12.6 Å².